The van der Waals surface area contributed by atoms with Gasteiger partial charge in [-0.05, 0) is 45.2 Å². The van der Waals surface area contributed by atoms with Crippen LogP contribution in [0.5, 0.6) is 0 Å². The molecule has 0 amide bonds. The quantitative estimate of drug-likeness (QED) is 0.877. The van der Waals surface area contributed by atoms with Crippen molar-refractivity contribution in [3.05, 3.63) is 29.3 Å². The molecule has 0 aliphatic carbocycles. The number of nitrogens with one attached hydrogen (secondary N) is 1. The second-order valence-corrected chi connectivity index (χ2v) is 6.25. The van der Waals surface area contributed by atoms with Crippen LogP contribution in [0.4, 0.5) is 5.69 Å². The van der Waals surface area contributed by atoms with Crippen molar-refractivity contribution in [3.8, 4) is 0 Å². The van der Waals surface area contributed by atoms with Gasteiger partial charge in [-0.1, -0.05) is 18.2 Å². The minimum Gasteiger partial charge on any atom is -0.396 e. The summed E-state index contributed by atoms with van der Waals surface area (Å²) >= 11 is 0. The topological polar surface area (TPSA) is 35.5 Å². The van der Waals surface area contributed by atoms with Gasteiger partial charge in [0.2, 0.25) is 0 Å². The molecule has 3 heteroatoms. The lowest BCUT2D eigenvalue weighted by molar-refractivity contribution is 0.239. The standard InChI is InChI=1S/C16H26N2O/c1-12-6-5-7-13(2)15(12)18-10-14(8-9-19)17-11-16(18,3)4/h5-7,14,17,19H,8-11H2,1-4H3. The maximum absolute atomic E-state index is 9.16. The van der Waals surface area contributed by atoms with Crippen LogP contribution in [0.15, 0.2) is 18.2 Å². The summed E-state index contributed by atoms with van der Waals surface area (Å²) in [6, 6.07) is 6.86. The molecule has 1 fully saturated rings. The highest BCUT2D eigenvalue weighted by molar-refractivity contribution is 5.61. The summed E-state index contributed by atoms with van der Waals surface area (Å²) in [5, 5.41) is 12.7. The van der Waals surface area contributed by atoms with Crippen molar-refractivity contribution in [2.24, 2.45) is 0 Å². The Morgan fingerprint density at radius 1 is 1.32 bits per heavy atom. The molecule has 0 aromatic heterocycles. The van der Waals surface area contributed by atoms with Gasteiger partial charge in [-0.2, -0.15) is 0 Å². The molecule has 0 saturated carbocycles. The minimum atomic E-state index is 0.100. The first kappa shape index (κ1) is 14.4. The number of piperazine rings is 1. The number of aliphatic hydroxyl groups is 1. The summed E-state index contributed by atoms with van der Waals surface area (Å²) < 4.78 is 0. The van der Waals surface area contributed by atoms with Crippen molar-refractivity contribution in [1.82, 2.24) is 5.32 Å². The van der Waals surface area contributed by atoms with Gasteiger partial charge in [0.1, 0.15) is 0 Å². The zero-order valence-corrected chi connectivity index (χ0v) is 12.5. The second kappa shape index (κ2) is 5.51. The number of anilines is 1. The number of benzene rings is 1. The van der Waals surface area contributed by atoms with E-state index in [4.69, 9.17) is 5.11 Å². The van der Waals surface area contributed by atoms with E-state index in [9.17, 15) is 0 Å². The molecule has 2 rings (SSSR count). The molecule has 1 aliphatic heterocycles. The van der Waals surface area contributed by atoms with E-state index < -0.39 is 0 Å². The Labute approximate surface area is 116 Å². The van der Waals surface area contributed by atoms with Crippen molar-refractivity contribution in [3.63, 3.8) is 0 Å². The van der Waals surface area contributed by atoms with E-state index in [0.29, 0.717) is 6.04 Å². The third-order valence-electron chi connectivity index (χ3n) is 4.14. The fourth-order valence-corrected chi connectivity index (χ4v) is 3.00. The molecular formula is C16H26N2O. The highest BCUT2D eigenvalue weighted by Crippen LogP contribution is 2.32. The highest BCUT2D eigenvalue weighted by atomic mass is 16.3. The molecule has 1 saturated heterocycles. The highest BCUT2D eigenvalue weighted by Gasteiger charge is 2.34. The predicted molar refractivity (Wildman–Crippen MR) is 80.8 cm³/mol. The lowest BCUT2D eigenvalue weighted by atomic mass is 9.93. The van der Waals surface area contributed by atoms with E-state index in [2.05, 4.69) is 56.1 Å². The molecule has 0 radical (unpaired) electrons. The number of aryl methyl sites for hydroxylation is 2. The maximum atomic E-state index is 9.16. The van der Waals surface area contributed by atoms with Crippen molar-refractivity contribution >= 4 is 5.69 Å². The summed E-state index contributed by atoms with van der Waals surface area (Å²) in [5.74, 6) is 0. The molecule has 0 spiro atoms. The Balaban J connectivity index is 2.33. The van der Waals surface area contributed by atoms with Crippen LogP contribution in [0.2, 0.25) is 0 Å². The van der Waals surface area contributed by atoms with E-state index in [-0.39, 0.29) is 12.1 Å². The van der Waals surface area contributed by atoms with Gasteiger partial charge >= 0.3 is 0 Å². The zero-order chi connectivity index (χ0) is 14.0. The van der Waals surface area contributed by atoms with Crippen LogP contribution in [-0.2, 0) is 0 Å². The molecule has 1 aromatic rings. The average molecular weight is 262 g/mol. The number of nitrogens with zero attached hydrogens (tertiary/aromatic N) is 1. The normalized spacial score (nSPS) is 22.6. The fourth-order valence-electron chi connectivity index (χ4n) is 3.00. The molecule has 19 heavy (non-hydrogen) atoms. The Morgan fingerprint density at radius 2 is 1.95 bits per heavy atom. The van der Waals surface area contributed by atoms with Crippen LogP contribution < -0.4 is 10.2 Å². The number of hydrogen-bond donors (Lipinski definition) is 2. The lowest BCUT2D eigenvalue weighted by Gasteiger charge is -2.48. The van der Waals surface area contributed by atoms with Crippen LogP contribution in [0, 0.1) is 13.8 Å². The number of para-hydroxylation sites is 1. The van der Waals surface area contributed by atoms with Gasteiger partial charge in [0.25, 0.3) is 0 Å². The number of hydrogen-bond acceptors (Lipinski definition) is 3. The Bertz CT molecular complexity index is 422. The fraction of sp³-hybridized carbons (Fsp3) is 0.625. The van der Waals surface area contributed by atoms with Gasteiger partial charge in [0.15, 0.2) is 0 Å². The molecule has 1 unspecified atom stereocenters. The molecule has 1 aliphatic rings. The van der Waals surface area contributed by atoms with Crippen LogP contribution in [-0.4, -0.2) is 36.4 Å². The predicted octanol–water partition coefficient (Wildman–Crippen LogP) is 2.24. The summed E-state index contributed by atoms with van der Waals surface area (Å²) in [5.41, 5.74) is 4.12. The first-order chi connectivity index (χ1) is 8.95. The Kier molecular flexibility index (Phi) is 4.16. The average Bonchev–Trinajstić information content (AvgIpc) is 2.33. The molecule has 106 valence electrons. The van der Waals surface area contributed by atoms with E-state index >= 15 is 0 Å². The Hall–Kier alpha value is -1.06. The van der Waals surface area contributed by atoms with Gasteiger partial charge in [0, 0.05) is 37.0 Å². The van der Waals surface area contributed by atoms with Crippen molar-refractivity contribution in [1.29, 1.82) is 0 Å². The maximum Gasteiger partial charge on any atom is 0.0471 e. The van der Waals surface area contributed by atoms with Crippen LogP contribution in [0.1, 0.15) is 31.4 Å². The third kappa shape index (κ3) is 2.93. The summed E-state index contributed by atoms with van der Waals surface area (Å²) in [7, 11) is 0. The molecule has 0 bridgehead atoms. The largest absolute Gasteiger partial charge is 0.396 e. The van der Waals surface area contributed by atoms with Crippen molar-refractivity contribution in [2.75, 3.05) is 24.6 Å². The molecule has 2 N–H and O–H groups in total. The summed E-state index contributed by atoms with van der Waals surface area (Å²) in [4.78, 5) is 2.51. The van der Waals surface area contributed by atoms with Gasteiger partial charge < -0.3 is 15.3 Å². The molecule has 1 atom stereocenters. The molecule has 1 heterocycles. The first-order valence-corrected chi connectivity index (χ1v) is 7.14. The smallest absolute Gasteiger partial charge is 0.0471 e. The van der Waals surface area contributed by atoms with Gasteiger partial charge in [-0.15, -0.1) is 0 Å². The van der Waals surface area contributed by atoms with E-state index in [1.165, 1.54) is 16.8 Å². The first-order valence-electron chi connectivity index (χ1n) is 7.14. The second-order valence-electron chi connectivity index (χ2n) is 6.25. The van der Waals surface area contributed by atoms with Gasteiger partial charge in [-0.3, -0.25) is 0 Å². The van der Waals surface area contributed by atoms with Crippen molar-refractivity contribution < 1.29 is 5.11 Å². The van der Waals surface area contributed by atoms with Gasteiger partial charge in [0.05, 0.1) is 0 Å². The lowest BCUT2D eigenvalue weighted by Crippen LogP contribution is -2.62. The van der Waals surface area contributed by atoms with Crippen molar-refractivity contribution in [2.45, 2.75) is 45.7 Å². The molecule has 3 nitrogen and oxygen atoms in total. The van der Waals surface area contributed by atoms with Crippen LogP contribution in [0.25, 0.3) is 0 Å². The van der Waals surface area contributed by atoms with E-state index in [1.54, 1.807) is 0 Å². The van der Waals surface area contributed by atoms with E-state index in [0.717, 1.165) is 19.5 Å². The third-order valence-corrected chi connectivity index (χ3v) is 4.14. The van der Waals surface area contributed by atoms with E-state index in [1.807, 2.05) is 0 Å². The zero-order valence-electron chi connectivity index (χ0n) is 12.5. The number of aliphatic hydroxyl groups excluding tert-OH is 1. The summed E-state index contributed by atoms with van der Waals surface area (Å²) in [6.45, 7) is 11.1. The van der Waals surface area contributed by atoms with Crippen LogP contribution in [0.3, 0.4) is 0 Å². The van der Waals surface area contributed by atoms with Gasteiger partial charge in [-0.25, -0.2) is 0 Å². The summed E-state index contributed by atoms with van der Waals surface area (Å²) in [6.07, 6.45) is 0.817. The molecular weight excluding hydrogens is 236 g/mol. The molecule has 1 aromatic carbocycles. The number of rotatable bonds is 3. The minimum absolute atomic E-state index is 0.100. The Morgan fingerprint density at radius 3 is 2.53 bits per heavy atom. The SMILES string of the molecule is Cc1cccc(C)c1N1CC(CCO)NCC1(C)C. The van der Waals surface area contributed by atoms with Crippen LogP contribution >= 0.6 is 0 Å². The monoisotopic (exact) mass is 262 g/mol.